The summed E-state index contributed by atoms with van der Waals surface area (Å²) in [7, 11) is 0. The highest BCUT2D eigenvalue weighted by atomic mass is 79.9. The van der Waals surface area contributed by atoms with E-state index in [1.165, 1.54) is 6.42 Å². The van der Waals surface area contributed by atoms with E-state index in [1.54, 1.807) is 30.7 Å². The molecule has 0 bridgehead atoms. The Morgan fingerprint density at radius 1 is 1.39 bits per heavy atom. The first-order chi connectivity index (χ1) is 14.5. The number of aromatic nitrogens is 3. The largest absolute Gasteiger partial charge is 0.368 e. The number of nitrogens with zero attached hydrogens (tertiary/aromatic N) is 3. The van der Waals surface area contributed by atoms with Crippen molar-refractivity contribution in [3.05, 3.63) is 47.0 Å². The van der Waals surface area contributed by atoms with E-state index in [4.69, 9.17) is 0 Å². The van der Waals surface area contributed by atoms with Gasteiger partial charge >= 0.3 is 0 Å². The number of fused-ring (bicyclic) bond motifs is 1. The second-order valence-corrected chi connectivity index (χ2v) is 9.02. The maximum absolute atomic E-state index is 12.7. The number of nitrogens with one attached hydrogen (secondary N) is 3. The summed E-state index contributed by atoms with van der Waals surface area (Å²) in [5.41, 5.74) is 3.07. The van der Waals surface area contributed by atoms with E-state index in [0.29, 0.717) is 17.5 Å². The van der Waals surface area contributed by atoms with Gasteiger partial charge in [-0.15, -0.1) is 12.4 Å². The number of carbonyl (C=O) groups is 1. The van der Waals surface area contributed by atoms with Crippen molar-refractivity contribution < 1.29 is 4.79 Å². The molecule has 1 fully saturated rings. The van der Waals surface area contributed by atoms with Crippen molar-refractivity contribution in [1.29, 1.82) is 0 Å². The molecule has 0 unspecified atom stereocenters. The van der Waals surface area contributed by atoms with Crippen LogP contribution in [-0.4, -0.2) is 46.5 Å². The van der Waals surface area contributed by atoms with Crippen molar-refractivity contribution in [2.75, 3.05) is 29.9 Å². The summed E-state index contributed by atoms with van der Waals surface area (Å²) in [6.07, 6.45) is 9.14. The smallest absolute Gasteiger partial charge is 0.257 e. The summed E-state index contributed by atoms with van der Waals surface area (Å²) in [4.78, 5) is 26.8. The number of anilines is 2. The Morgan fingerprint density at radius 2 is 2.23 bits per heavy atom. The van der Waals surface area contributed by atoms with Gasteiger partial charge in [-0.25, -0.2) is 4.98 Å². The fourth-order valence-corrected chi connectivity index (χ4v) is 4.46. The molecule has 3 N–H and O–H groups in total. The molecule has 166 valence electrons. The molecule has 3 aromatic rings. The van der Waals surface area contributed by atoms with Crippen LogP contribution in [-0.2, 0) is 0 Å². The van der Waals surface area contributed by atoms with Crippen LogP contribution in [0.2, 0.25) is 0 Å². The molecule has 4 rings (SSSR count). The van der Waals surface area contributed by atoms with Gasteiger partial charge < -0.3 is 20.5 Å². The zero-order valence-electron chi connectivity index (χ0n) is 17.7. The molecule has 0 saturated carbocycles. The number of hydrogen-bond acceptors (Lipinski definition) is 5. The maximum atomic E-state index is 12.7. The number of aromatic amines is 1. The number of pyridine rings is 2. The molecule has 1 aliphatic heterocycles. The highest BCUT2D eigenvalue weighted by Gasteiger charge is 2.25. The Kier molecular flexibility index (Phi) is 7.91. The Morgan fingerprint density at radius 3 is 2.97 bits per heavy atom. The monoisotopic (exact) mass is 506 g/mol. The lowest BCUT2D eigenvalue weighted by molar-refractivity contribution is 0.102. The zero-order chi connectivity index (χ0) is 21.1. The number of amides is 1. The normalized spacial score (nSPS) is 16.4. The first kappa shape index (κ1) is 23.5. The predicted molar refractivity (Wildman–Crippen MR) is 131 cm³/mol. The van der Waals surface area contributed by atoms with Gasteiger partial charge in [0.25, 0.3) is 5.91 Å². The van der Waals surface area contributed by atoms with Gasteiger partial charge in [-0.05, 0) is 53.4 Å². The van der Waals surface area contributed by atoms with Gasteiger partial charge in [0.2, 0.25) is 0 Å². The molecular formula is C22H28BrClN6O. The molecule has 1 saturated heterocycles. The summed E-state index contributed by atoms with van der Waals surface area (Å²) in [5, 5.41) is 7.64. The van der Waals surface area contributed by atoms with E-state index in [1.807, 2.05) is 6.20 Å². The third-order valence-corrected chi connectivity index (χ3v) is 5.93. The molecule has 1 amide bonds. The van der Waals surface area contributed by atoms with E-state index in [0.717, 1.165) is 52.9 Å². The minimum Gasteiger partial charge on any atom is -0.368 e. The topological polar surface area (TPSA) is 85.9 Å². The number of H-pyrrole nitrogens is 1. The van der Waals surface area contributed by atoms with Gasteiger partial charge in [0.1, 0.15) is 5.65 Å². The highest BCUT2D eigenvalue weighted by Crippen LogP contribution is 2.39. The molecule has 7 nitrogen and oxygen atoms in total. The van der Waals surface area contributed by atoms with Crippen molar-refractivity contribution in [2.45, 2.75) is 32.7 Å². The van der Waals surface area contributed by atoms with Crippen molar-refractivity contribution in [3.8, 4) is 0 Å². The van der Waals surface area contributed by atoms with Crippen LogP contribution in [0.25, 0.3) is 11.0 Å². The van der Waals surface area contributed by atoms with Gasteiger partial charge in [-0.3, -0.25) is 9.78 Å². The number of hydrogen-bond donors (Lipinski definition) is 3. The average Bonchev–Trinajstić information content (AvgIpc) is 3.15. The lowest BCUT2D eigenvalue weighted by Crippen LogP contribution is -2.46. The van der Waals surface area contributed by atoms with E-state index >= 15 is 0 Å². The van der Waals surface area contributed by atoms with Crippen molar-refractivity contribution in [2.24, 2.45) is 5.92 Å². The molecule has 1 aliphatic rings. The van der Waals surface area contributed by atoms with Gasteiger partial charge in [0, 0.05) is 43.9 Å². The van der Waals surface area contributed by atoms with Crippen LogP contribution in [0.1, 0.15) is 37.0 Å². The Hall–Kier alpha value is -2.16. The van der Waals surface area contributed by atoms with E-state index < -0.39 is 0 Å². The quantitative estimate of drug-likeness (QED) is 0.454. The summed E-state index contributed by atoms with van der Waals surface area (Å²) >= 11 is 3.70. The molecule has 0 aromatic carbocycles. The van der Waals surface area contributed by atoms with Crippen molar-refractivity contribution in [3.63, 3.8) is 0 Å². The van der Waals surface area contributed by atoms with E-state index in [2.05, 4.69) is 60.3 Å². The number of piperidine rings is 1. The summed E-state index contributed by atoms with van der Waals surface area (Å²) < 4.78 is 0.927. The van der Waals surface area contributed by atoms with Gasteiger partial charge in [-0.2, -0.15) is 0 Å². The van der Waals surface area contributed by atoms with Crippen LogP contribution in [0.15, 0.2) is 41.4 Å². The predicted octanol–water partition coefficient (Wildman–Crippen LogP) is 4.61. The van der Waals surface area contributed by atoms with Gasteiger partial charge in [0.15, 0.2) is 0 Å². The molecule has 1 atom stereocenters. The molecular weight excluding hydrogens is 480 g/mol. The Balaban J connectivity index is 0.00000272. The SMILES string of the molecule is CC(C)CN[C@@H]1CCCN(c2c(Br)cnc3[nH]cc(NC(=O)c4cccnc4)c23)C1.Cl. The number of rotatable bonds is 6. The Bertz CT molecular complexity index is 1030. The zero-order valence-corrected chi connectivity index (χ0v) is 20.1. The number of carbonyl (C=O) groups excluding carboxylic acids is 1. The average molecular weight is 508 g/mol. The van der Waals surface area contributed by atoms with Gasteiger partial charge in [0.05, 0.1) is 26.8 Å². The van der Waals surface area contributed by atoms with Crippen LogP contribution in [0.3, 0.4) is 0 Å². The van der Waals surface area contributed by atoms with Crippen molar-refractivity contribution in [1.82, 2.24) is 20.3 Å². The molecule has 0 spiro atoms. The number of halogens is 2. The third kappa shape index (κ3) is 5.37. The lowest BCUT2D eigenvalue weighted by Gasteiger charge is -2.36. The maximum Gasteiger partial charge on any atom is 0.257 e. The van der Waals surface area contributed by atoms with Crippen LogP contribution >= 0.6 is 28.3 Å². The van der Waals surface area contributed by atoms with E-state index in [-0.39, 0.29) is 18.3 Å². The van der Waals surface area contributed by atoms with Gasteiger partial charge in [-0.1, -0.05) is 13.8 Å². The first-order valence-corrected chi connectivity index (χ1v) is 11.2. The second kappa shape index (κ2) is 10.4. The minimum absolute atomic E-state index is 0. The van der Waals surface area contributed by atoms with Crippen LogP contribution in [0.4, 0.5) is 11.4 Å². The highest BCUT2D eigenvalue weighted by molar-refractivity contribution is 9.10. The first-order valence-electron chi connectivity index (χ1n) is 10.4. The van der Waals surface area contributed by atoms with Crippen LogP contribution < -0.4 is 15.5 Å². The fraction of sp³-hybridized carbons (Fsp3) is 0.409. The summed E-state index contributed by atoms with van der Waals surface area (Å²) in [6, 6.07) is 3.96. The standard InChI is InChI=1S/C22H27BrN6O.ClH/c1-14(2)9-25-16-6-4-8-29(13-16)20-17(23)11-26-21-19(20)18(12-27-21)28-22(30)15-5-3-7-24-10-15;/h3,5,7,10-12,14,16,25H,4,6,8-9,13H2,1-2H3,(H,26,27)(H,28,30);1H/t16-;/m1./s1. The molecule has 3 aromatic heterocycles. The molecule has 0 aliphatic carbocycles. The molecule has 31 heavy (non-hydrogen) atoms. The lowest BCUT2D eigenvalue weighted by atomic mass is 10.0. The Labute approximate surface area is 197 Å². The fourth-order valence-electron chi connectivity index (χ4n) is 3.90. The van der Waals surface area contributed by atoms with Crippen LogP contribution in [0, 0.1) is 5.92 Å². The molecule has 4 heterocycles. The summed E-state index contributed by atoms with van der Waals surface area (Å²) in [6.45, 7) is 7.37. The van der Waals surface area contributed by atoms with Crippen LogP contribution in [0.5, 0.6) is 0 Å². The molecule has 0 radical (unpaired) electrons. The minimum atomic E-state index is -0.190. The molecule has 9 heteroatoms. The third-order valence-electron chi connectivity index (χ3n) is 5.35. The summed E-state index contributed by atoms with van der Waals surface area (Å²) in [5.74, 6) is 0.434. The second-order valence-electron chi connectivity index (χ2n) is 8.16. The van der Waals surface area contributed by atoms with E-state index in [9.17, 15) is 4.79 Å². The van der Waals surface area contributed by atoms with Crippen molar-refractivity contribution >= 4 is 56.7 Å².